The Labute approximate surface area is 92.5 Å². The minimum atomic E-state index is 0.658. The predicted octanol–water partition coefficient (Wildman–Crippen LogP) is 2.42. The molecule has 1 aromatic rings. The summed E-state index contributed by atoms with van der Waals surface area (Å²) in [7, 11) is 3.27. The van der Waals surface area contributed by atoms with E-state index in [1.54, 1.807) is 14.2 Å². The lowest BCUT2D eigenvalue weighted by molar-refractivity contribution is 0.0866. The molecule has 0 radical (unpaired) electrons. The first-order valence-electron chi connectivity index (χ1n) is 4.28. The van der Waals surface area contributed by atoms with Gasteiger partial charge < -0.3 is 9.57 Å². The maximum Gasteiger partial charge on any atom is 0.123 e. The number of rotatable bonds is 4. The first-order chi connectivity index (χ1) is 6.69. The molecule has 0 aliphatic carbocycles. The molecule has 0 fully saturated rings. The van der Waals surface area contributed by atoms with E-state index >= 15 is 0 Å². The van der Waals surface area contributed by atoms with Gasteiger partial charge in [-0.3, -0.25) is 0 Å². The Morgan fingerprint density at radius 2 is 2.07 bits per heavy atom. The van der Waals surface area contributed by atoms with Gasteiger partial charge >= 0.3 is 0 Å². The Kier molecular flexibility index (Phi) is 4.38. The lowest BCUT2D eigenvalue weighted by Crippen LogP contribution is -2.10. The molecule has 0 aliphatic rings. The van der Waals surface area contributed by atoms with Gasteiger partial charge in [0.25, 0.3) is 0 Å². The molecule has 0 heterocycles. The first-order valence-corrected chi connectivity index (χ1v) is 5.07. The number of halogens is 1. The molecule has 14 heavy (non-hydrogen) atoms. The number of hydrogen-bond donors (Lipinski definition) is 1. The van der Waals surface area contributed by atoms with Crippen LogP contribution in [0.1, 0.15) is 11.1 Å². The van der Waals surface area contributed by atoms with Crippen molar-refractivity contribution in [3.05, 3.63) is 27.7 Å². The van der Waals surface area contributed by atoms with Crippen LogP contribution >= 0.6 is 15.9 Å². The molecule has 3 nitrogen and oxygen atoms in total. The van der Waals surface area contributed by atoms with Gasteiger partial charge in [0.05, 0.1) is 14.2 Å². The van der Waals surface area contributed by atoms with Gasteiger partial charge in [-0.2, -0.15) is 5.48 Å². The van der Waals surface area contributed by atoms with Crippen molar-refractivity contribution in [1.29, 1.82) is 0 Å². The van der Waals surface area contributed by atoms with E-state index in [2.05, 4.69) is 21.4 Å². The molecule has 0 saturated carbocycles. The van der Waals surface area contributed by atoms with Crippen LogP contribution in [0.3, 0.4) is 0 Å². The highest BCUT2D eigenvalue weighted by Crippen LogP contribution is 2.27. The molecule has 1 rings (SSSR count). The Hall–Kier alpha value is -0.580. The van der Waals surface area contributed by atoms with Gasteiger partial charge in [0, 0.05) is 16.6 Å². The second kappa shape index (κ2) is 5.34. The molecule has 0 unspecified atom stereocenters. The number of benzene rings is 1. The van der Waals surface area contributed by atoms with Crippen LogP contribution in [-0.4, -0.2) is 14.2 Å². The van der Waals surface area contributed by atoms with E-state index in [0.717, 1.165) is 21.3 Å². The molecule has 1 N–H and O–H groups in total. The summed E-state index contributed by atoms with van der Waals surface area (Å²) < 4.78 is 6.29. The molecule has 4 heteroatoms. The molecule has 0 spiro atoms. The summed E-state index contributed by atoms with van der Waals surface area (Å²) in [6, 6.07) is 4.04. The second-order valence-electron chi connectivity index (χ2n) is 2.93. The van der Waals surface area contributed by atoms with Crippen molar-refractivity contribution in [2.24, 2.45) is 0 Å². The summed E-state index contributed by atoms with van der Waals surface area (Å²) in [5.41, 5.74) is 5.00. The maximum absolute atomic E-state index is 5.25. The highest BCUT2D eigenvalue weighted by Gasteiger charge is 2.05. The number of hydrogen-bond acceptors (Lipinski definition) is 3. The molecule has 0 atom stereocenters. The Morgan fingerprint density at radius 3 is 2.64 bits per heavy atom. The van der Waals surface area contributed by atoms with Gasteiger partial charge in [0.15, 0.2) is 0 Å². The lowest BCUT2D eigenvalue weighted by atomic mass is 10.1. The van der Waals surface area contributed by atoms with Crippen molar-refractivity contribution in [1.82, 2.24) is 5.48 Å². The molecular weight excluding hydrogens is 246 g/mol. The second-order valence-corrected chi connectivity index (χ2v) is 3.78. The largest absolute Gasteiger partial charge is 0.496 e. The first kappa shape index (κ1) is 11.5. The topological polar surface area (TPSA) is 30.5 Å². The fourth-order valence-electron chi connectivity index (χ4n) is 1.18. The average molecular weight is 260 g/mol. The molecule has 0 aromatic heterocycles. The van der Waals surface area contributed by atoms with E-state index < -0.39 is 0 Å². The highest BCUT2D eigenvalue weighted by molar-refractivity contribution is 9.10. The summed E-state index contributed by atoms with van der Waals surface area (Å²) in [6.07, 6.45) is 0. The van der Waals surface area contributed by atoms with Crippen LogP contribution in [0.25, 0.3) is 0 Å². The summed E-state index contributed by atoms with van der Waals surface area (Å²) in [4.78, 5) is 4.78. The monoisotopic (exact) mass is 259 g/mol. The minimum absolute atomic E-state index is 0.658. The van der Waals surface area contributed by atoms with Crippen LogP contribution in [-0.2, 0) is 11.4 Å². The normalized spacial score (nSPS) is 10.3. The van der Waals surface area contributed by atoms with Crippen LogP contribution in [0.4, 0.5) is 0 Å². The van der Waals surface area contributed by atoms with E-state index in [-0.39, 0.29) is 0 Å². The van der Waals surface area contributed by atoms with Crippen molar-refractivity contribution < 1.29 is 9.57 Å². The van der Waals surface area contributed by atoms with Crippen molar-refractivity contribution in [2.45, 2.75) is 13.5 Å². The van der Waals surface area contributed by atoms with Gasteiger partial charge in [-0.25, -0.2) is 0 Å². The summed E-state index contributed by atoms with van der Waals surface area (Å²) in [5, 5.41) is 0. The number of methoxy groups -OCH3 is 1. The van der Waals surface area contributed by atoms with Gasteiger partial charge in [-0.1, -0.05) is 15.9 Å². The fraction of sp³-hybridized carbons (Fsp3) is 0.400. The van der Waals surface area contributed by atoms with E-state index in [1.807, 2.05) is 19.1 Å². The summed E-state index contributed by atoms with van der Waals surface area (Å²) in [6.45, 7) is 2.67. The van der Waals surface area contributed by atoms with Crippen LogP contribution in [0, 0.1) is 6.92 Å². The van der Waals surface area contributed by atoms with Crippen LogP contribution in [0.5, 0.6) is 5.75 Å². The molecule has 0 amide bonds. The van der Waals surface area contributed by atoms with E-state index in [4.69, 9.17) is 9.57 Å². The molecule has 1 aromatic carbocycles. The zero-order valence-corrected chi connectivity index (χ0v) is 10.1. The van der Waals surface area contributed by atoms with Crippen molar-refractivity contribution in [3.63, 3.8) is 0 Å². The minimum Gasteiger partial charge on any atom is -0.496 e. The Balaban J connectivity index is 2.91. The third-order valence-electron chi connectivity index (χ3n) is 2.00. The molecule has 0 bridgehead atoms. The molecule has 0 aliphatic heterocycles. The SMILES string of the molecule is CONCc1cc(Br)c(C)c(OC)c1. The summed E-state index contributed by atoms with van der Waals surface area (Å²) in [5.74, 6) is 0.882. The smallest absolute Gasteiger partial charge is 0.123 e. The standard InChI is InChI=1S/C10H14BrNO2/c1-7-9(11)4-8(6-12-14-3)5-10(7)13-2/h4-5,12H,6H2,1-3H3. The van der Waals surface area contributed by atoms with Crippen molar-refractivity contribution in [2.75, 3.05) is 14.2 Å². The maximum atomic E-state index is 5.25. The fourth-order valence-corrected chi connectivity index (χ4v) is 1.67. The van der Waals surface area contributed by atoms with Crippen LogP contribution < -0.4 is 10.2 Å². The molecule has 0 saturated heterocycles. The quantitative estimate of drug-likeness (QED) is 0.843. The Bertz CT molecular complexity index is 315. The average Bonchev–Trinajstić information content (AvgIpc) is 2.19. The highest BCUT2D eigenvalue weighted by atomic mass is 79.9. The van der Waals surface area contributed by atoms with Gasteiger partial charge in [-0.15, -0.1) is 0 Å². The van der Waals surface area contributed by atoms with Gasteiger partial charge in [0.2, 0.25) is 0 Å². The number of nitrogens with one attached hydrogen (secondary N) is 1. The molecule has 78 valence electrons. The van der Waals surface area contributed by atoms with E-state index in [1.165, 1.54) is 0 Å². The molecular formula is C10H14BrNO2. The zero-order chi connectivity index (χ0) is 10.6. The van der Waals surface area contributed by atoms with Crippen LogP contribution in [0.15, 0.2) is 16.6 Å². The zero-order valence-electron chi connectivity index (χ0n) is 8.56. The van der Waals surface area contributed by atoms with E-state index in [9.17, 15) is 0 Å². The summed E-state index contributed by atoms with van der Waals surface area (Å²) >= 11 is 3.48. The number of ether oxygens (including phenoxy) is 1. The van der Waals surface area contributed by atoms with Crippen molar-refractivity contribution >= 4 is 15.9 Å². The number of hydroxylamine groups is 1. The van der Waals surface area contributed by atoms with Gasteiger partial charge in [0.1, 0.15) is 5.75 Å². The third kappa shape index (κ3) is 2.70. The van der Waals surface area contributed by atoms with Gasteiger partial charge in [-0.05, 0) is 24.6 Å². The Morgan fingerprint density at radius 1 is 1.36 bits per heavy atom. The van der Waals surface area contributed by atoms with Crippen molar-refractivity contribution in [3.8, 4) is 5.75 Å². The lowest BCUT2D eigenvalue weighted by Gasteiger charge is -2.10. The van der Waals surface area contributed by atoms with Crippen LogP contribution in [0.2, 0.25) is 0 Å². The third-order valence-corrected chi connectivity index (χ3v) is 2.82. The van der Waals surface area contributed by atoms with E-state index in [0.29, 0.717) is 6.54 Å². The predicted molar refractivity (Wildman–Crippen MR) is 59.3 cm³/mol.